The molecule has 112 valence electrons. The average molecular weight is 275 g/mol. The third-order valence-electron chi connectivity index (χ3n) is 4.35. The molecule has 0 bridgehead atoms. The highest BCUT2D eigenvalue weighted by atomic mass is 16.5. The van der Waals surface area contributed by atoms with Crippen LogP contribution in [0.5, 0.6) is 5.75 Å². The van der Waals surface area contributed by atoms with Crippen LogP contribution in [0, 0.1) is 5.92 Å². The summed E-state index contributed by atoms with van der Waals surface area (Å²) in [5, 5.41) is 3.64. The molecule has 0 amide bonds. The SMILES string of the molecule is CC1CCC(NCCOc2ccccc2C(C)C)CC1. The fraction of sp³-hybridized carbons (Fsp3) is 0.667. The van der Waals surface area contributed by atoms with Gasteiger partial charge in [-0.15, -0.1) is 0 Å². The van der Waals surface area contributed by atoms with Gasteiger partial charge in [0, 0.05) is 12.6 Å². The van der Waals surface area contributed by atoms with E-state index in [0.717, 1.165) is 24.8 Å². The molecule has 2 rings (SSSR count). The summed E-state index contributed by atoms with van der Waals surface area (Å²) in [5.74, 6) is 2.47. The van der Waals surface area contributed by atoms with Crippen LogP contribution < -0.4 is 10.1 Å². The van der Waals surface area contributed by atoms with Gasteiger partial charge >= 0.3 is 0 Å². The second kappa shape index (κ2) is 7.68. The summed E-state index contributed by atoms with van der Waals surface area (Å²) in [6.45, 7) is 8.50. The molecule has 0 unspecified atom stereocenters. The Morgan fingerprint density at radius 1 is 1.15 bits per heavy atom. The van der Waals surface area contributed by atoms with Crippen molar-refractivity contribution in [2.24, 2.45) is 5.92 Å². The van der Waals surface area contributed by atoms with Crippen molar-refractivity contribution in [3.8, 4) is 5.75 Å². The number of benzene rings is 1. The Labute approximate surface area is 123 Å². The molecular weight excluding hydrogens is 246 g/mol. The molecule has 2 nitrogen and oxygen atoms in total. The van der Waals surface area contributed by atoms with Gasteiger partial charge in [-0.3, -0.25) is 0 Å². The largest absolute Gasteiger partial charge is 0.492 e. The lowest BCUT2D eigenvalue weighted by molar-refractivity contribution is 0.269. The van der Waals surface area contributed by atoms with E-state index >= 15 is 0 Å². The Kier molecular flexibility index (Phi) is 5.90. The summed E-state index contributed by atoms with van der Waals surface area (Å²) < 4.78 is 5.95. The van der Waals surface area contributed by atoms with Crippen LogP contribution >= 0.6 is 0 Å². The van der Waals surface area contributed by atoms with Gasteiger partial charge in [-0.05, 0) is 49.1 Å². The molecule has 2 heteroatoms. The third-order valence-corrected chi connectivity index (χ3v) is 4.35. The maximum atomic E-state index is 5.95. The smallest absolute Gasteiger partial charge is 0.122 e. The lowest BCUT2D eigenvalue weighted by Crippen LogP contribution is -2.35. The van der Waals surface area contributed by atoms with Crippen molar-refractivity contribution < 1.29 is 4.74 Å². The molecule has 1 aromatic rings. The molecule has 0 aromatic heterocycles. The minimum Gasteiger partial charge on any atom is -0.492 e. The molecule has 1 aliphatic carbocycles. The molecule has 20 heavy (non-hydrogen) atoms. The zero-order valence-electron chi connectivity index (χ0n) is 13.2. The second-order valence-corrected chi connectivity index (χ2v) is 6.45. The first-order chi connectivity index (χ1) is 9.66. The van der Waals surface area contributed by atoms with E-state index in [1.807, 2.05) is 0 Å². The van der Waals surface area contributed by atoms with Gasteiger partial charge < -0.3 is 10.1 Å². The van der Waals surface area contributed by atoms with Crippen molar-refractivity contribution in [3.63, 3.8) is 0 Å². The number of hydrogen-bond acceptors (Lipinski definition) is 2. The highest BCUT2D eigenvalue weighted by molar-refractivity contribution is 5.35. The van der Waals surface area contributed by atoms with Gasteiger partial charge in [-0.25, -0.2) is 0 Å². The first-order valence-corrected chi connectivity index (χ1v) is 8.12. The predicted octanol–water partition coefficient (Wildman–Crippen LogP) is 4.36. The van der Waals surface area contributed by atoms with Crippen molar-refractivity contribution in [2.45, 2.75) is 58.4 Å². The minimum absolute atomic E-state index is 0.513. The number of para-hydroxylation sites is 1. The topological polar surface area (TPSA) is 21.3 Å². The van der Waals surface area contributed by atoms with E-state index in [1.54, 1.807) is 0 Å². The molecule has 1 aromatic carbocycles. The van der Waals surface area contributed by atoms with Crippen LogP contribution in [0.1, 0.15) is 57.9 Å². The molecule has 1 fully saturated rings. The Hall–Kier alpha value is -1.02. The van der Waals surface area contributed by atoms with Gasteiger partial charge in [-0.1, -0.05) is 39.0 Å². The average Bonchev–Trinajstić information content (AvgIpc) is 2.46. The zero-order chi connectivity index (χ0) is 14.4. The molecule has 1 saturated carbocycles. The molecular formula is C18H29NO. The van der Waals surface area contributed by atoms with Crippen LogP contribution in [-0.4, -0.2) is 19.2 Å². The normalized spacial score (nSPS) is 23.0. The van der Waals surface area contributed by atoms with E-state index in [0.29, 0.717) is 12.0 Å². The van der Waals surface area contributed by atoms with Crippen LogP contribution in [0.4, 0.5) is 0 Å². The summed E-state index contributed by atoms with van der Waals surface area (Å²) in [6.07, 6.45) is 5.39. The van der Waals surface area contributed by atoms with E-state index in [1.165, 1.54) is 31.2 Å². The van der Waals surface area contributed by atoms with Gasteiger partial charge in [0.2, 0.25) is 0 Å². The second-order valence-electron chi connectivity index (χ2n) is 6.45. The molecule has 0 atom stereocenters. The third kappa shape index (κ3) is 4.52. The van der Waals surface area contributed by atoms with Crippen molar-refractivity contribution in [3.05, 3.63) is 29.8 Å². The number of ether oxygens (including phenoxy) is 1. The molecule has 0 aliphatic heterocycles. The fourth-order valence-electron chi connectivity index (χ4n) is 2.98. The van der Waals surface area contributed by atoms with Crippen molar-refractivity contribution in [1.82, 2.24) is 5.32 Å². The summed E-state index contributed by atoms with van der Waals surface area (Å²) in [5.41, 5.74) is 1.30. The monoisotopic (exact) mass is 275 g/mol. The first-order valence-electron chi connectivity index (χ1n) is 8.12. The number of hydrogen-bond donors (Lipinski definition) is 1. The van der Waals surface area contributed by atoms with Crippen molar-refractivity contribution in [1.29, 1.82) is 0 Å². The van der Waals surface area contributed by atoms with Crippen LogP contribution in [0.3, 0.4) is 0 Å². The molecule has 1 aliphatic rings. The summed E-state index contributed by atoms with van der Waals surface area (Å²) in [7, 11) is 0. The molecule has 0 saturated heterocycles. The van der Waals surface area contributed by atoms with Gasteiger partial charge in [-0.2, -0.15) is 0 Å². The number of rotatable bonds is 6. The van der Waals surface area contributed by atoms with Gasteiger partial charge in [0.15, 0.2) is 0 Å². The van der Waals surface area contributed by atoms with E-state index in [4.69, 9.17) is 4.74 Å². The van der Waals surface area contributed by atoms with Crippen LogP contribution in [-0.2, 0) is 0 Å². The van der Waals surface area contributed by atoms with E-state index < -0.39 is 0 Å². The minimum atomic E-state index is 0.513. The lowest BCUT2D eigenvalue weighted by atomic mass is 9.87. The summed E-state index contributed by atoms with van der Waals surface area (Å²) in [6, 6.07) is 9.09. The molecule has 1 N–H and O–H groups in total. The highest BCUT2D eigenvalue weighted by Gasteiger charge is 2.17. The standard InChI is InChI=1S/C18H29NO/c1-14(2)17-6-4-5-7-18(17)20-13-12-19-16-10-8-15(3)9-11-16/h4-7,14-16,19H,8-13H2,1-3H3. The Bertz CT molecular complexity index is 394. The summed E-state index contributed by atoms with van der Waals surface area (Å²) in [4.78, 5) is 0. The first kappa shape index (κ1) is 15.4. The van der Waals surface area contributed by atoms with E-state index in [2.05, 4.69) is 50.4 Å². The number of nitrogens with one attached hydrogen (secondary N) is 1. The van der Waals surface area contributed by atoms with Crippen LogP contribution in [0.25, 0.3) is 0 Å². The molecule has 0 spiro atoms. The maximum absolute atomic E-state index is 5.95. The van der Waals surface area contributed by atoms with Crippen LogP contribution in [0.2, 0.25) is 0 Å². The van der Waals surface area contributed by atoms with Crippen molar-refractivity contribution >= 4 is 0 Å². The fourth-order valence-corrected chi connectivity index (χ4v) is 2.98. The van der Waals surface area contributed by atoms with Gasteiger partial charge in [0.05, 0.1) is 0 Å². The Balaban J connectivity index is 1.71. The maximum Gasteiger partial charge on any atom is 0.122 e. The van der Waals surface area contributed by atoms with Crippen LogP contribution in [0.15, 0.2) is 24.3 Å². The Morgan fingerprint density at radius 2 is 1.85 bits per heavy atom. The summed E-state index contributed by atoms with van der Waals surface area (Å²) >= 11 is 0. The molecule has 0 heterocycles. The predicted molar refractivity (Wildman–Crippen MR) is 85.4 cm³/mol. The Morgan fingerprint density at radius 3 is 2.55 bits per heavy atom. The van der Waals surface area contributed by atoms with Crippen molar-refractivity contribution in [2.75, 3.05) is 13.2 Å². The zero-order valence-corrected chi connectivity index (χ0v) is 13.2. The van der Waals surface area contributed by atoms with E-state index in [-0.39, 0.29) is 0 Å². The molecule has 0 radical (unpaired) electrons. The van der Waals surface area contributed by atoms with Gasteiger partial charge in [0.1, 0.15) is 12.4 Å². The lowest BCUT2D eigenvalue weighted by Gasteiger charge is -2.27. The quantitative estimate of drug-likeness (QED) is 0.779. The highest BCUT2D eigenvalue weighted by Crippen LogP contribution is 2.26. The van der Waals surface area contributed by atoms with E-state index in [9.17, 15) is 0 Å². The van der Waals surface area contributed by atoms with Gasteiger partial charge in [0.25, 0.3) is 0 Å².